The molecule has 1 heterocycles. The van der Waals surface area contributed by atoms with E-state index in [1.54, 1.807) is 12.4 Å². The first-order valence-corrected chi connectivity index (χ1v) is 6.51. The summed E-state index contributed by atoms with van der Waals surface area (Å²) < 4.78 is 0. The Labute approximate surface area is 107 Å². The van der Waals surface area contributed by atoms with Crippen LogP contribution in [0, 0.1) is 0 Å². The zero-order valence-corrected chi connectivity index (χ0v) is 10.9. The van der Waals surface area contributed by atoms with Gasteiger partial charge in [0.15, 0.2) is 0 Å². The summed E-state index contributed by atoms with van der Waals surface area (Å²) in [5, 5.41) is 0. The lowest BCUT2D eigenvalue weighted by Gasteiger charge is -2.28. The molecule has 0 aliphatic heterocycles. The highest BCUT2D eigenvalue weighted by molar-refractivity contribution is 7.80. The van der Waals surface area contributed by atoms with Crippen LogP contribution in [0.5, 0.6) is 0 Å². The van der Waals surface area contributed by atoms with Crippen molar-refractivity contribution in [3.05, 3.63) is 18.1 Å². The van der Waals surface area contributed by atoms with E-state index in [-0.39, 0.29) is 0 Å². The van der Waals surface area contributed by atoms with Crippen LogP contribution in [0.2, 0.25) is 0 Å². The van der Waals surface area contributed by atoms with Gasteiger partial charge in [0, 0.05) is 12.6 Å². The van der Waals surface area contributed by atoms with Crippen LogP contribution in [0.15, 0.2) is 12.4 Å². The Kier molecular flexibility index (Phi) is 3.89. The van der Waals surface area contributed by atoms with Crippen LogP contribution >= 0.6 is 12.2 Å². The van der Waals surface area contributed by atoms with Crippen LogP contribution in [0.1, 0.15) is 38.3 Å². The molecule has 5 heteroatoms. The molecule has 1 saturated carbocycles. The Morgan fingerprint density at radius 3 is 2.59 bits per heavy atom. The number of nitrogens with two attached hydrogens (primary N) is 1. The smallest absolute Gasteiger partial charge is 0.147 e. The minimum atomic E-state index is 0.299. The first-order valence-electron chi connectivity index (χ1n) is 6.11. The summed E-state index contributed by atoms with van der Waals surface area (Å²) in [4.78, 5) is 11.3. The maximum Gasteiger partial charge on any atom is 0.147 e. The Bertz CT molecular complexity index is 384. The SMILES string of the molecule is CCN(c1cnc(C(N)=S)cn1)C1CCCC1. The second-order valence-electron chi connectivity index (χ2n) is 4.35. The van der Waals surface area contributed by atoms with Crippen molar-refractivity contribution in [1.29, 1.82) is 0 Å². The predicted molar refractivity (Wildman–Crippen MR) is 73.2 cm³/mol. The third-order valence-corrected chi connectivity index (χ3v) is 3.50. The summed E-state index contributed by atoms with van der Waals surface area (Å²) in [7, 11) is 0. The highest BCUT2D eigenvalue weighted by Crippen LogP contribution is 2.26. The van der Waals surface area contributed by atoms with Crippen LogP contribution in [0.25, 0.3) is 0 Å². The summed E-state index contributed by atoms with van der Waals surface area (Å²) in [5.41, 5.74) is 6.10. The Morgan fingerprint density at radius 2 is 2.12 bits per heavy atom. The van der Waals surface area contributed by atoms with E-state index < -0.39 is 0 Å². The van der Waals surface area contributed by atoms with E-state index in [0.717, 1.165) is 12.4 Å². The summed E-state index contributed by atoms with van der Waals surface area (Å²) in [6, 6.07) is 0.616. The first-order chi connectivity index (χ1) is 8.22. The second-order valence-corrected chi connectivity index (χ2v) is 4.79. The van der Waals surface area contributed by atoms with E-state index in [2.05, 4.69) is 21.8 Å². The molecule has 17 heavy (non-hydrogen) atoms. The van der Waals surface area contributed by atoms with Gasteiger partial charge < -0.3 is 10.6 Å². The maximum absolute atomic E-state index is 5.51. The van der Waals surface area contributed by atoms with Crippen LogP contribution in [-0.4, -0.2) is 27.5 Å². The summed E-state index contributed by atoms with van der Waals surface area (Å²) in [5.74, 6) is 0.930. The Hall–Kier alpha value is -1.23. The standard InChI is InChI=1S/C12H18N4S/c1-2-16(9-5-3-4-6-9)11-8-14-10(7-15-11)12(13)17/h7-9H,2-6H2,1H3,(H2,13,17). The highest BCUT2D eigenvalue weighted by Gasteiger charge is 2.22. The van der Waals surface area contributed by atoms with Crippen molar-refractivity contribution in [2.75, 3.05) is 11.4 Å². The molecular weight excluding hydrogens is 232 g/mol. The molecule has 0 atom stereocenters. The number of hydrogen-bond donors (Lipinski definition) is 1. The predicted octanol–water partition coefficient (Wildman–Crippen LogP) is 1.88. The summed E-state index contributed by atoms with van der Waals surface area (Å²) in [6.07, 6.45) is 8.59. The van der Waals surface area contributed by atoms with Gasteiger partial charge in [0.05, 0.1) is 12.4 Å². The lowest BCUT2D eigenvalue weighted by Crippen LogP contribution is -2.33. The van der Waals surface area contributed by atoms with E-state index in [1.807, 2.05) is 0 Å². The van der Waals surface area contributed by atoms with Crippen molar-refractivity contribution in [2.45, 2.75) is 38.6 Å². The van der Waals surface area contributed by atoms with E-state index >= 15 is 0 Å². The molecule has 4 nitrogen and oxygen atoms in total. The summed E-state index contributed by atoms with van der Waals surface area (Å²) >= 11 is 4.87. The molecular formula is C12H18N4S. The molecule has 0 saturated heterocycles. The maximum atomic E-state index is 5.51. The second kappa shape index (κ2) is 5.40. The van der Waals surface area contributed by atoms with Crippen molar-refractivity contribution in [1.82, 2.24) is 9.97 Å². The average Bonchev–Trinajstić information content (AvgIpc) is 2.84. The zero-order chi connectivity index (χ0) is 12.3. The first kappa shape index (κ1) is 12.2. The Morgan fingerprint density at radius 1 is 1.41 bits per heavy atom. The number of rotatable bonds is 4. The molecule has 0 amide bonds. The molecule has 0 aromatic carbocycles. The third kappa shape index (κ3) is 2.72. The minimum absolute atomic E-state index is 0.299. The molecule has 1 fully saturated rings. The summed E-state index contributed by atoms with van der Waals surface area (Å²) in [6.45, 7) is 3.12. The molecule has 1 aliphatic carbocycles. The van der Waals surface area contributed by atoms with Gasteiger partial charge in [-0.25, -0.2) is 9.97 Å². The van der Waals surface area contributed by atoms with E-state index in [9.17, 15) is 0 Å². The van der Waals surface area contributed by atoms with Crippen molar-refractivity contribution < 1.29 is 0 Å². The van der Waals surface area contributed by atoms with Crippen molar-refractivity contribution >= 4 is 23.0 Å². The fraction of sp³-hybridized carbons (Fsp3) is 0.583. The van der Waals surface area contributed by atoms with E-state index in [1.165, 1.54) is 25.7 Å². The van der Waals surface area contributed by atoms with E-state index in [0.29, 0.717) is 16.7 Å². The monoisotopic (exact) mass is 250 g/mol. The van der Waals surface area contributed by atoms with Gasteiger partial charge in [-0.05, 0) is 19.8 Å². The van der Waals surface area contributed by atoms with Crippen molar-refractivity contribution in [3.63, 3.8) is 0 Å². The van der Waals surface area contributed by atoms with Crippen LogP contribution in [0.3, 0.4) is 0 Å². The van der Waals surface area contributed by atoms with Crippen molar-refractivity contribution in [2.24, 2.45) is 5.73 Å². The lowest BCUT2D eigenvalue weighted by atomic mass is 10.2. The van der Waals surface area contributed by atoms with E-state index in [4.69, 9.17) is 18.0 Å². The molecule has 1 aromatic heterocycles. The number of hydrogen-bond acceptors (Lipinski definition) is 4. The topological polar surface area (TPSA) is 55.0 Å². The van der Waals surface area contributed by atoms with Crippen LogP contribution in [0.4, 0.5) is 5.82 Å². The van der Waals surface area contributed by atoms with Crippen LogP contribution in [-0.2, 0) is 0 Å². The molecule has 0 bridgehead atoms. The molecule has 92 valence electrons. The fourth-order valence-corrected chi connectivity index (χ4v) is 2.53. The molecule has 0 unspecified atom stereocenters. The van der Waals surface area contributed by atoms with Gasteiger partial charge in [0.2, 0.25) is 0 Å². The number of aromatic nitrogens is 2. The van der Waals surface area contributed by atoms with Gasteiger partial charge >= 0.3 is 0 Å². The molecule has 2 N–H and O–H groups in total. The molecule has 1 aliphatic rings. The average molecular weight is 250 g/mol. The largest absolute Gasteiger partial charge is 0.388 e. The normalized spacial score (nSPS) is 16.1. The van der Waals surface area contributed by atoms with Gasteiger partial charge in [-0.1, -0.05) is 25.1 Å². The quantitative estimate of drug-likeness (QED) is 0.827. The fourth-order valence-electron chi connectivity index (χ4n) is 2.42. The zero-order valence-electron chi connectivity index (χ0n) is 10.1. The van der Waals surface area contributed by atoms with Gasteiger partial charge in [-0.15, -0.1) is 0 Å². The molecule has 2 rings (SSSR count). The number of thiocarbonyl (C=S) groups is 1. The molecule has 0 radical (unpaired) electrons. The van der Waals surface area contributed by atoms with Crippen molar-refractivity contribution in [3.8, 4) is 0 Å². The van der Waals surface area contributed by atoms with Gasteiger partial charge in [-0.2, -0.15) is 0 Å². The molecule has 1 aromatic rings. The Balaban J connectivity index is 2.16. The van der Waals surface area contributed by atoms with Crippen LogP contribution < -0.4 is 10.6 Å². The number of nitrogens with zero attached hydrogens (tertiary/aromatic N) is 3. The lowest BCUT2D eigenvalue weighted by molar-refractivity contribution is 0.612. The highest BCUT2D eigenvalue weighted by atomic mass is 32.1. The van der Waals surface area contributed by atoms with Gasteiger partial charge in [0.1, 0.15) is 16.5 Å². The minimum Gasteiger partial charge on any atom is -0.388 e. The third-order valence-electron chi connectivity index (χ3n) is 3.29. The number of anilines is 1. The molecule has 0 spiro atoms. The van der Waals surface area contributed by atoms with Gasteiger partial charge in [-0.3, -0.25) is 0 Å². The van der Waals surface area contributed by atoms with Gasteiger partial charge in [0.25, 0.3) is 0 Å².